The van der Waals surface area contributed by atoms with Crippen LogP contribution in [0.5, 0.6) is 0 Å². The van der Waals surface area contributed by atoms with E-state index in [1.54, 1.807) is 29.6 Å². The van der Waals surface area contributed by atoms with Crippen molar-refractivity contribution in [3.8, 4) is 0 Å². The number of oxime groups is 1. The Morgan fingerprint density at radius 2 is 2.05 bits per heavy atom. The summed E-state index contributed by atoms with van der Waals surface area (Å²) >= 11 is 1.27. The third-order valence-corrected chi connectivity index (χ3v) is 3.69. The molecule has 3 rings (SSSR count). The first-order chi connectivity index (χ1) is 9.25. The van der Waals surface area contributed by atoms with E-state index >= 15 is 0 Å². The van der Waals surface area contributed by atoms with Gasteiger partial charge >= 0.3 is 5.97 Å². The number of carbonyl (C=O) groups excluding carboxylic acids is 2. The highest BCUT2D eigenvalue weighted by Gasteiger charge is 2.26. The highest BCUT2D eigenvalue weighted by molar-refractivity contribution is 7.11. The fourth-order valence-electron chi connectivity index (χ4n) is 1.92. The smallest absolute Gasteiger partial charge is 0.311 e. The lowest BCUT2D eigenvalue weighted by Crippen LogP contribution is -2.10. The summed E-state index contributed by atoms with van der Waals surface area (Å²) in [6.45, 7) is 0. The van der Waals surface area contributed by atoms with E-state index in [2.05, 4.69) is 5.16 Å². The molecule has 0 N–H and O–H groups in total. The Balaban J connectivity index is 1.77. The largest absolute Gasteiger partial charge is 0.375 e. The van der Waals surface area contributed by atoms with Crippen molar-refractivity contribution in [3.63, 3.8) is 0 Å². The summed E-state index contributed by atoms with van der Waals surface area (Å²) in [5.41, 5.74) is 1.82. The van der Waals surface area contributed by atoms with E-state index in [4.69, 9.17) is 4.84 Å². The molecule has 1 aliphatic rings. The van der Waals surface area contributed by atoms with Crippen molar-refractivity contribution in [3.05, 3.63) is 57.8 Å². The Bertz CT molecular complexity index is 674. The molecule has 1 aromatic carbocycles. The van der Waals surface area contributed by atoms with Crippen LogP contribution < -0.4 is 0 Å². The average molecular weight is 271 g/mol. The maximum Gasteiger partial charge on any atom is 0.375 e. The van der Waals surface area contributed by atoms with Crippen molar-refractivity contribution < 1.29 is 14.4 Å². The van der Waals surface area contributed by atoms with Gasteiger partial charge in [-0.15, -0.1) is 11.3 Å². The molecule has 0 atom stereocenters. The highest BCUT2D eigenvalue weighted by atomic mass is 32.1. The third kappa shape index (κ3) is 2.20. The van der Waals surface area contributed by atoms with Crippen molar-refractivity contribution in [1.82, 2.24) is 0 Å². The van der Waals surface area contributed by atoms with Crippen LogP contribution in [0.3, 0.4) is 0 Å². The van der Waals surface area contributed by atoms with Crippen LogP contribution in [0.2, 0.25) is 0 Å². The number of nitrogens with zero attached hydrogens (tertiary/aromatic N) is 1. The number of hydrogen-bond donors (Lipinski definition) is 0. The third-order valence-electron chi connectivity index (χ3n) is 2.84. The van der Waals surface area contributed by atoms with Gasteiger partial charge in [-0.2, -0.15) is 0 Å². The number of hydrogen-bond acceptors (Lipinski definition) is 5. The minimum absolute atomic E-state index is 0.172. The first-order valence-corrected chi connectivity index (χ1v) is 6.58. The van der Waals surface area contributed by atoms with Crippen molar-refractivity contribution in [2.75, 3.05) is 0 Å². The van der Waals surface area contributed by atoms with Crippen LogP contribution in [0.15, 0.2) is 46.9 Å². The van der Waals surface area contributed by atoms with Crippen molar-refractivity contribution in [1.29, 1.82) is 0 Å². The fourth-order valence-corrected chi connectivity index (χ4v) is 2.52. The second kappa shape index (κ2) is 4.78. The quantitative estimate of drug-likeness (QED) is 0.623. The minimum Gasteiger partial charge on any atom is -0.311 e. The zero-order valence-electron chi connectivity index (χ0n) is 9.83. The summed E-state index contributed by atoms with van der Waals surface area (Å²) in [4.78, 5) is 28.9. The van der Waals surface area contributed by atoms with Crippen LogP contribution in [-0.4, -0.2) is 17.5 Å². The van der Waals surface area contributed by atoms with Gasteiger partial charge in [0.05, 0.1) is 0 Å². The molecule has 19 heavy (non-hydrogen) atoms. The number of ketones is 1. The monoisotopic (exact) mass is 271 g/mol. The number of rotatable bonds is 2. The first kappa shape index (κ1) is 11.8. The van der Waals surface area contributed by atoms with Gasteiger partial charge in [-0.25, -0.2) is 4.79 Å². The molecule has 0 saturated heterocycles. The molecule has 0 amide bonds. The summed E-state index contributed by atoms with van der Waals surface area (Å²) in [6.07, 6.45) is 0.409. The van der Waals surface area contributed by atoms with Gasteiger partial charge in [0.2, 0.25) is 5.78 Å². The topological polar surface area (TPSA) is 55.7 Å². The summed E-state index contributed by atoms with van der Waals surface area (Å²) < 4.78 is 0. The van der Waals surface area contributed by atoms with E-state index < -0.39 is 5.97 Å². The van der Waals surface area contributed by atoms with Crippen molar-refractivity contribution in [2.24, 2.45) is 5.16 Å². The van der Waals surface area contributed by atoms with Crippen molar-refractivity contribution >= 4 is 28.8 Å². The van der Waals surface area contributed by atoms with Crippen molar-refractivity contribution in [2.45, 2.75) is 6.42 Å². The van der Waals surface area contributed by atoms with Crippen LogP contribution in [0.4, 0.5) is 0 Å². The molecule has 0 radical (unpaired) electrons. The lowest BCUT2D eigenvalue weighted by molar-refractivity contribution is 0.0521. The molecular formula is C14H9NO3S. The van der Waals surface area contributed by atoms with E-state index in [1.165, 1.54) is 11.3 Å². The van der Waals surface area contributed by atoms with Gasteiger partial charge < -0.3 is 4.84 Å². The van der Waals surface area contributed by atoms with Gasteiger partial charge in [-0.05, 0) is 17.0 Å². The first-order valence-electron chi connectivity index (χ1n) is 5.70. The maximum absolute atomic E-state index is 12.0. The van der Waals surface area contributed by atoms with E-state index in [1.807, 2.05) is 12.1 Å². The Morgan fingerprint density at radius 1 is 1.21 bits per heavy atom. The number of Topliss-reactive ketones (excluding diaryl/α,β-unsaturated/α-hetero) is 1. The van der Waals surface area contributed by atoms with Gasteiger partial charge in [0.25, 0.3) is 0 Å². The molecule has 0 bridgehead atoms. The van der Waals surface area contributed by atoms with E-state index in [0.717, 1.165) is 5.56 Å². The molecule has 0 unspecified atom stereocenters. The molecule has 0 aliphatic heterocycles. The van der Waals surface area contributed by atoms with Gasteiger partial charge in [0.1, 0.15) is 10.6 Å². The maximum atomic E-state index is 12.0. The van der Waals surface area contributed by atoms with E-state index in [-0.39, 0.29) is 11.5 Å². The lowest BCUT2D eigenvalue weighted by atomic mass is 10.1. The number of thiophene rings is 1. The van der Waals surface area contributed by atoms with Gasteiger partial charge in [-0.3, -0.25) is 4.79 Å². The van der Waals surface area contributed by atoms with Crippen LogP contribution in [0.1, 0.15) is 25.6 Å². The normalized spacial score (nSPS) is 15.6. The second-order valence-corrected chi connectivity index (χ2v) is 5.00. The predicted octanol–water partition coefficient (Wildman–Crippen LogP) is 2.70. The molecular weight excluding hydrogens is 262 g/mol. The predicted molar refractivity (Wildman–Crippen MR) is 71.6 cm³/mol. The molecule has 0 spiro atoms. The molecule has 1 aromatic heterocycles. The van der Waals surface area contributed by atoms with Crippen LogP contribution in [0.25, 0.3) is 0 Å². The molecule has 94 valence electrons. The number of fused-ring (bicyclic) bond motifs is 1. The minimum atomic E-state index is -0.536. The van der Waals surface area contributed by atoms with Gasteiger partial charge in [0.15, 0.2) is 0 Å². The fraction of sp³-hybridized carbons (Fsp3) is 0.0714. The summed E-state index contributed by atoms with van der Waals surface area (Å²) in [5.74, 6) is -0.708. The van der Waals surface area contributed by atoms with Crippen LogP contribution in [0, 0.1) is 0 Å². The summed E-state index contributed by atoms with van der Waals surface area (Å²) in [5, 5.41) is 5.48. The number of carbonyl (C=O) groups is 2. The average Bonchev–Trinajstić information content (AvgIpc) is 3.05. The number of benzene rings is 1. The molecule has 5 heteroatoms. The molecule has 2 aromatic rings. The van der Waals surface area contributed by atoms with Gasteiger partial charge in [0, 0.05) is 12.0 Å². The molecule has 1 aliphatic carbocycles. The Labute approximate surface area is 113 Å². The Morgan fingerprint density at radius 3 is 2.79 bits per heavy atom. The van der Waals surface area contributed by atoms with E-state index in [0.29, 0.717) is 16.9 Å². The van der Waals surface area contributed by atoms with Gasteiger partial charge in [-0.1, -0.05) is 35.5 Å². The van der Waals surface area contributed by atoms with Crippen LogP contribution in [-0.2, 0) is 11.3 Å². The Kier molecular flexibility index (Phi) is 2.97. The molecule has 4 nitrogen and oxygen atoms in total. The Hall–Kier alpha value is -2.27. The second-order valence-electron chi connectivity index (χ2n) is 4.06. The summed E-state index contributed by atoms with van der Waals surface area (Å²) in [6, 6.07) is 10.7. The highest BCUT2D eigenvalue weighted by Crippen LogP contribution is 2.20. The SMILES string of the molecule is O=C(ON=C1Cc2ccccc2C1=O)c1cccs1. The molecule has 0 saturated carbocycles. The zero-order valence-corrected chi connectivity index (χ0v) is 10.6. The van der Waals surface area contributed by atoms with E-state index in [9.17, 15) is 9.59 Å². The molecule has 0 fully saturated rings. The lowest BCUT2D eigenvalue weighted by Gasteiger charge is -1.95. The summed E-state index contributed by atoms with van der Waals surface area (Å²) in [7, 11) is 0. The molecule has 1 heterocycles. The zero-order chi connectivity index (χ0) is 13.2. The van der Waals surface area contributed by atoms with Crippen LogP contribution >= 0.6 is 11.3 Å². The standard InChI is InChI=1S/C14H9NO3S/c16-13-10-5-2-1-4-9(10)8-11(13)15-18-14(17)12-6-3-7-19-12/h1-7H,8H2.